The quantitative estimate of drug-likeness (QED) is 0.184. The Morgan fingerprint density at radius 3 is 1.43 bits per heavy atom. The van der Waals surface area contributed by atoms with Gasteiger partial charge in [-0.15, -0.1) is 0 Å². The van der Waals surface area contributed by atoms with Crippen LogP contribution in [0.1, 0.15) is 71.2 Å². The fourth-order valence-electron chi connectivity index (χ4n) is 2.10. The molecule has 0 bridgehead atoms. The zero-order valence-electron chi connectivity index (χ0n) is 15.6. The molecular formula is C21H40F12O4. The van der Waals surface area contributed by atoms with Gasteiger partial charge < -0.3 is 9.84 Å². The Hall–Kier alpha value is -1.90. The van der Waals surface area contributed by atoms with Gasteiger partial charge >= 0.3 is 48.0 Å². The summed E-state index contributed by atoms with van der Waals surface area (Å²) >= 11 is 0. The number of carboxylic acids is 1. The van der Waals surface area contributed by atoms with Gasteiger partial charge in [-0.25, -0.2) is 8.78 Å². The first kappa shape index (κ1) is 51.7. The molecule has 4 nitrogen and oxygen atoms in total. The van der Waals surface area contributed by atoms with Crippen LogP contribution in [0.4, 0.5) is 52.7 Å². The van der Waals surface area contributed by atoms with Crippen molar-refractivity contribution in [2.75, 3.05) is 6.61 Å². The number of carbonyl (C=O) groups is 2. The predicted octanol–water partition coefficient (Wildman–Crippen LogP) is 8.92. The molecule has 0 saturated heterocycles. The van der Waals surface area contributed by atoms with E-state index in [2.05, 4.69) is 4.74 Å². The molecule has 0 aromatic carbocycles. The molecule has 0 saturated carbocycles. The van der Waals surface area contributed by atoms with Crippen LogP contribution in [0.25, 0.3) is 0 Å². The van der Waals surface area contributed by atoms with Crippen molar-refractivity contribution in [3.63, 3.8) is 0 Å². The number of aliphatic carboxylic acids is 1. The minimum absolute atomic E-state index is 0. The summed E-state index contributed by atoms with van der Waals surface area (Å²) in [5, 5.41) is 8.70. The van der Waals surface area contributed by atoms with Crippen LogP contribution in [0.2, 0.25) is 0 Å². The molecule has 0 aromatic rings. The lowest BCUT2D eigenvalue weighted by atomic mass is 9.93. The number of carboxylic acid groups (broad SMARTS) is 1. The highest BCUT2D eigenvalue weighted by molar-refractivity contribution is 5.74. The van der Waals surface area contributed by atoms with Gasteiger partial charge in [0.15, 0.2) is 6.61 Å². The normalized spacial score (nSPS) is 13.6. The highest BCUT2D eigenvalue weighted by atomic mass is 19.4. The van der Waals surface area contributed by atoms with E-state index in [1.807, 2.05) is 0 Å². The molecule has 0 fully saturated rings. The smallest absolute Gasteiger partial charge is 0.384 e. The largest absolute Gasteiger partial charge is 0.481 e. The number of esters is 1. The number of halogens is 12. The van der Waals surface area contributed by atoms with E-state index in [-0.39, 0.29) is 51.0 Å². The fraction of sp³-hybridized carbons (Fsp3) is 0.905. The van der Waals surface area contributed by atoms with E-state index in [4.69, 9.17) is 5.11 Å². The van der Waals surface area contributed by atoms with E-state index in [0.29, 0.717) is 0 Å². The summed E-state index contributed by atoms with van der Waals surface area (Å²) in [6, 6.07) is 0. The van der Waals surface area contributed by atoms with Crippen molar-refractivity contribution in [2.24, 2.45) is 11.8 Å². The Morgan fingerprint density at radius 2 is 1.14 bits per heavy atom. The molecule has 0 aliphatic heterocycles. The number of rotatable bonds is 12. The summed E-state index contributed by atoms with van der Waals surface area (Å²) in [7, 11) is 0. The second-order valence-corrected chi connectivity index (χ2v) is 6.54. The maximum absolute atomic E-state index is 13.6. The number of hydrogen-bond acceptors (Lipinski definition) is 3. The lowest BCUT2D eigenvalue weighted by molar-refractivity contribution is -0.414. The lowest BCUT2D eigenvalue weighted by Gasteiger charge is -2.39. The summed E-state index contributed by atoms with van der Waals surface area (Å²) in [6.07, 6.45) is -6.48. The first-order valence-corrected chi connectivity index (χ1v) is 8.18. The van der Waals surface area contributed by atoms with Gasteiger partial charge in [-0.2, -0.15) is 43.9 Å². The van der Waals surface area contributed by atoms with Crippen LogP contribution in [-0.2, 0) is 14.3 Å². The first-order chi connectivity index (χ1) is 13.6. The first-order valence-electron chi connectivity index (χ1n) is 8.18. The molecule has 0 aliphatic rings. The maximum Gasteiger partial charge on any atom is 0.384 e. The van der Waals surface area contributed by atoms with E-state index >= 15 is 0 Å². The molecule has 0 aliphatic carbocycles. The number of ether oxygens (including phenoxy) is 1. The summed E-state index contributed by atoms with van der Waals surface area (Å²) in [6.45, 7) is -0.746. The van der Waals surface area contributed by atoms with Gasteiger partial charge in [0.05, 0.1) is 11.8 Å². The van der Waals surface area contributed by atoms with Crippen molar-refractivity contribution in [3.05, 3.63) is 0 Å². The van der Waals surface area contributed by atoms with Gasteiger partial charge in [-0.1, -0.05) is 58.4 Å². The van der Waals surface area contributed by atoms with Gasteiger partial charge in [-0.05, 0) is 12.8 Å². The SMILES string of the molecule is C.C.C.C.C.C.CCC(CC(C)C(=O)O)C(=O)OCC(F)(F)C(F)(F)C(F)(F)C(F)(F)C(F)(F)C(F)F. The molecule has 0 aromatic heterocycles. The van der Waals surface area contributed by atoms with Gasteiger partial charge in [0.2, 0.25) is 0 Å². The van der Waals surface area contributed by atoms with Gasteiger partial charge in [0.1, 0.15) is 0 Å². The summed E-state index contributed by atoms with van der Waals surface area (Å²) in [4.78, 5) is 22.4. The van der Waals surface area contributed by atoms with Crippen LogP contribution < -0.4 is 0 Å². The second kappa shape index (κ2) is 16.8. The van der Waals surface area contributed by atoms with E-state index in [9.17, 15) is 62.3 Å². The Balaban J connectivity index is -0.000000300. The van der Waals surface area contributed by atoms with Crippen LogP contribution in [0.5, 0.6) is 0 Å². The summed E-state index contributed by atoms with van der Waals surface area (Å²) in [5.74, 6) is -42.3. The predicted molar refractivity (Wildman–Crippen MR) is 117 cm³/mol. The van der Waals surface area contributed by atoms with Gasteiger partial charge in [0.25, 0.3) is 0 Å². The zero-order chi connectivity index (χ0) is 25.2. The lowest BCUT2D eigenvalue weighted by Crippen LogP contribution is -2.69. The Labute approximate surface area is 210 Å². The van der Waals surface area contributed by atoms with E-state index in [1.165, 1.54) is 6.92 Å². The van der Waals surface area contributed by atoms with Crippen molar-refractivity contribution in [1.29, 1.82) is 0 Å². The molecule has 16 heteroatoms. The topological polar surface area (TPSA) is 63.6 Å². The fourth-order valence-corrected chi connectivity index (χ4v) is 2.10. The van der Waals surface area contributed by atoms with Crippen LogP contribution in [-0.4, -0.2) is 59.7 Å². The van der Waals surface area contributed by atoms with Crippen molar-refractivity contribution in [1.82, 2.24) is 0 Å². The molecule has 1 N–H and O–H groups in total. The molecule has 2 unspecified atom stereocenters. The van der Waals surface area contributed by atoms with Crippen molar-refractivity contribution in [3.8, 4) is 0 Å². The highest BCUT2D eigenvalue weighted by Crippen LogP contribution is 2.58. The third kappa shape index (κ3) is 9.73. The van der Waals surface area contributed by atoms with Crippen molar-refractivity contribution >= 4 is 11.9 Å². The average Bonchev–Trinajstić information content (AvgIpc) is 2.62. The number of alkyl halides is 12. The second-order valence-electron chi connectivity index (χ2n) is 6.54. The third-order valence-corrected chi connectivity index (χ3v) is 4.22. The summed E-state index contributed by atoms with van der Waals surface area (Å²) in [5.41, 5.74) is 0. The van der Waals surface area contributed by atoms with Gasteiger partial charge in [-0.3, -0.25) is 9.59 Å². The highest BCUT2D eigenvalue weighted by Gasteiger charge is 2.87. The molecule has 232 valence electrons. The third-order valence-electron chi connectivity index (χ3n) is 4.22. The molecule has 0 heterocycles. The molecule has 0 rings (SSSR count). The molecular weight excluding hydrogens is 544 g/mol. The van der Waals surface area contributed by atoms with Gasteiger partial charge in [0, 0.05) is 0 Å². The zero-order valence-corrected chi connectivity index (χ0v) is 15.6. The molecule has 0 spiro atoms. The Bertz CT molecular complexity index is 655. The minimum Gasteiger partial charge on any atom is -0.481 e. The molecule has 0 amide bonds. The van der Waals surface area contributed by atoms with Crippen molar-refractivity contribution < 1.29 is 72.1 Å². The number of carbonyl (C=O) groups excluding carboxylic acids is 1. The standard InChI is InChI=1S/C15H16F12O4.6CH4/c1-3-7(4-6(2)8(28)29)9(30)31-5-11(18,19)13(22,23)15(26,27)14(24,25)12(20,21)10(16)17;;;;;;/h6-7,10H,3-5H2,1-2H3,(H,28,29);6*1H4. The van der Waals surface area contributed by atoms with Crippen LogP contribution in [0.3, 0.4) is 0 Å². The number of hydrogen-bond donors (Lipinski definition) is 1. The van der Waals surface area contributed by atoms with E-state index < -0.39 is 72.8 Å². The Morgan fingerprint density at radius 1 is 0.757 bits per heavy atom. The van der Waals surface area contributed by atoms with Crippen molar-refractivity contribution in [2.45, 2.75) is 107 Å². The molecule has 0 radical (unpaired) electrons. The minimum atomic E-state index is -7.71. The Kier molecular flexibility index (Phi) is 23.5. The average molecular weight is 585 g/mol. The molecule has 37 heavy (non-hydrogen) atoms. The van der Waals surface area contributed by atoms with Crippen LogP contribution in [0.15, 0.2) is 0 Å². The molecule has 2 atom stereocenters. The summed E-state index contributed by atoms with van der Waals surface area (Å²) < 4.78 is 160. The van der Waals surface area contributed by atoms with Crippen LogP contribution >= 0.6 is 0 Å². The van der Waals surface area contributed by atoms with E-state index in [1.54, 1.807) is 0 Å². The van der Waals surface area contributed by atoms with E-state index in [0.717, 1.165) is 6.92 Å². The van der Waals surface area contributed by atoms with Crippen LogP contribution in [0, 0.1) is 11.8 Å². The maximum atomic E-state index is 13.6. The monoisotopic (exact) mass is 584 g/mol.